The number of imidazole rings is 1. The summed E-state index contributed by atoms with van der Waals surface area (Å²) >= 11 is 1.73. The second kappa shape index (κ2) is 9.82. The van der Waals surface area contributed by atoms with Crippen LogP contribution in [-0.4, -0.2) is 48.2 Å². The summed E-state index contributed by atoms with van der Waals surface area (Å²) in [5.74, 6) is 6.71. The highest BCUT2D eigenvalue weighted by Crippen LogP contribution is 2.30. The van der Waals surface area contributed by atoms with Crippen molar-refractivity contribution in [3.8, 4) is 29.2 Å². The lowest BCUT2D eigenvalue weighted by molar-refractivity contribution is 0.143. The van der Waals surface area contributed by atoms with Crippen LogP contribution in [0.3, 0.4) is 0 Å². The molecule has 5 N–H and O–H groups in total. The van der Waals surface area contributed by atoms with Crippen LogP contribution in [0.25, 0.3) is 32.6 Å². The summed E-state index contributed by atoms with van der Waals surface area (Å²) in [6, 6.07) is 12.0. The molecule has 5 aromatic rings. The predicted octanol–water partition coefficient (Wildman–Crippen LogP) is 3.37. The van der Waals surface area contributed by atoms with Crippen molar-refractivity contribution in [1.82, 2.24) is 24.8 Å². The van der Waals surface area contributed by atoms with Gasteiger partial charge in [-0.3, -0.25) is 0 Å². The third-order valence-electron chi connectivity index (χ3n) is 5.63. The van der Waals surface area contributed by atoms with E-state index in [1.54, 1.807) is 31.3 Å². The van der Waals surface area contributed by atoms with Crippen LogP contribution in [0.15, 0.2) is 41.0 Å². The van der Waals surface area contributed by atoms with Crippen molar-refractivity contribution in [2.75, 3.05) is 12.3 Å². The van der Waals surface area contributed by atoms with Crippen molar-refractivity contribution in [2.24, 2.45) is 5.73 Å². The van der Waals surface area contributed by atoms with Crippen LogP contribution in [0.2, 0.25) is 0 Å². The lowest BCUT2D eigenvalue weighted by Crippen LogP contribution is -2.30. The molecule has 4 heterocycles. The van der Waals surface area contributed by atoms with Gasteiger partial charge in [-0.1, -0.05) is 24.1 Å². The van der Waals surface area contributed by atoms with Crippen LogP contribution in [0.5, 0.6) is 5.88 Å². The molecule has 0 aliphatic rings. The molecule has 0 aliphatic carbocycles. The standard InChI is InChI=1S/C26H27N7O3S/c1-4-33-19-13-21(35-14-16(27)12-17-11-15-7-5-6-8-20(15)37-17)29-18(9-10-26(2,3)34)22(19)30-25(33)23-24(28)32-36-31-23/h5-8,11,13,16,34H,4,12,14,27H2,1-3H3,(H2,28,32)/t16-/m0/s1. The highest BCUT2D eigenvalue weighted by molar-refractivity contribution is 7.19. The molecule has 0 amide bonds. The Morgan fingerprint density at radius 2 is 2.03 bits per heavy atom. The van der Waals surface area contributed by atoms with E-state index >= 15 is 0 Å². The van der Waals surface area contributed by atoms with E-state index < -0.39 is 5.60 Å². The molecule has 37 heavy (non-hydrogen) atoms. The fourth-order valence-corrected chi connectivity index (χ4v) is 5.13. The van der Waals surface area contributed by atoms with Crippen LogP contribution < -0.4 is 16.2 Å². The van der Waals surface area contributed by atoms with Gasteiger partial charge in [-0.2, -0.15) is 0 Å². The van der Waals surface area contributed by atoms with E-state index in [2.05, 4.69) is 45.3 Å². The van der Waals surface area contributed by atoms with E-state index in [-0.39, 0.29) is 18.5 Å². The van der Waals surface area contributed by atoms with E-state index in [9.17, 15) is 5.11 Å². The third-order valence-corrected chi connectivity index (χ3v) is 6.77. The van der Waals surface area contributed by atoms with Crippen LogP contribution in [0.4, 0.5) is 5.82 Å². The maximum absolute atomic E-state index is 10.2. The van der Waals surface area contributed by atoms with Gasteiger partial charge in [0, 0.05) is 34.7 Å². The van der Waals surface area contributed by atoms with Gasteiger partial charge in [-0.15, -0.1) is 11.3 Å². The van der Waals surface area contributed by atoms with E-state index in [1.165, 1.54) is 15.0 Å². The molecule has 0 fully saturated rings. The van der Waals surface area contributed by atoms with Gasteiger partial charge in [0.25, 0.3) is 0 Å². The summed E-state index contributed by atoms with van der Waals surface area (Å²) in [5.41, 5.74) is 13.1. The number of rotatable bonds is 7. The molecule has 5 rings (SSSR count). The molecule has 0 radical (unpaired) electrons. The number of benzene rings is 1. The molecule has 11 heteroatoms. The zero-order valence-corrected chi connectivity index (χ0v) is 21.5. The average Bonchev–Trinajstić information content (AvgIpc) is 3.56. The number of aryl methyl sites for hydroxylation is 1. The molecule has 0 unspecified atom stereocenters. The zero-order chi connectivity index (χ0) is 26.2. The summed E-state index contributed by atoms with van der Waals surface area (Å²) in [4.78, 5) is 10.5. The number of nitrogens with zero attached hydrogens (tertiary/aromatic N) is 5. The summed E-state index contributed by atoms with van der Waals surface area (Å²) in [5, 5.41) is 18.9. The number of nitrogen functional groups attached to an aromatic ring is 1. The predicted molar refractivity (Wildman–Crippen MR) is 143 cm³/mol. The Labute approximate surface area is 217 Å². The lowest BCUT2D eigenvalue weighted by atomic mass is 10.1. The van der Waals surface area contributed by atoms with Gasteiger partial charge < -0.3 is 25.9 Å². The number of pyridine rings is 1. The molecule has 4 aromatic heterocycles. The maximum atomic E-state index is 10.2. The average molecular weight is 518 g/mol. The van der Waals surface area contributed by atoms with E-state index in [4.69, 9.17) is 25.8 Å². The lowest BCUT2D eigenvalue weighted by Gasteiger charge is -2.13. The minimum atomic E-state index is -1.21. The molecule has 0 spiro atoms. The summed E-state index contributed by atoms with van der Waals surface area (Å²) in [6.45, 7) is 5.99. The van der Waals surface area contributed by atoms with E-state index in [0.717, 1.165) is 5.52 Å². The summed E-state index contributed by atoms with van der Waals surface area (Å²) < 4.78 is 14.0. The van der Waals surface area contributed by atoms with Crippen molar-refractivity contribution in [2.45, 2.75) is 45.4 Å². The topological polar surface area (TPSA) is 151 Å². The Bertz CT molecular complexity index is 1600. The SMILES string of the molecule is CCn1c(-c2nonc2N)nc2c(C#CC(C)(C)O)nc(OC[C@@H](N)Cc3cc4ccccc4s3)cc21. The minimum Gasteiger partial charge on any atom is -0.476 e. The maximum Gasteiger partial charge on any atom is 0.216 e. The normalized spacial score (nSPS) is 12.6. The number of hydrogen-bond donors (Lipinski definition) is 3. The molecule has 10 nitrogen and oxygen atoms in total. The smallest absolute Gasteiger partial charge is 0.216 e. The van der Waals surface area contributed by atoms with Crippen molar-refractivity contribution in [3.63, 3.8) is 0 Å². The van der Waals surface area contributed by atoms with Gasteiger partial charge in [-0.25, -0.2) is 14.6 Å². The highest BCUT2D eigenvalue weighted by Gasteiger charge is 2.22. The van der Waals surface area contributed by atoms with Crippen LogP contribution >= 0.6 is 11.3 Å². The van der Waals surface area contributed by atoms with E-state index in [0.29, 0.717) is 41.6 Å². The largest absolute Gasteiger partial charge is 0.476 e. The first-order chi connectivity index (χ1) is 17.7. The zero-order valence-electron chi connectivity index (χ0n) is 20.7. The Hall–Kier alpha value is -3.98. The minimum absolute atomic E-state index is 0.130. The first-order valence-electron chi connectivity index (χ1n) is 11.8. The fourth-order valence-electron chi connectivity index (χ4n) is 3.97. The first-order valence-corrected chi connectivity index (χ1v) is 12.6. The number of aliphatic hydroxyl groups is 1. The number of anilines is 1. The fraction of sp³-hybridized carbons (Fsp3) is 0.308. The van der Waals surface area contributed by atoms with Crippen molar-refractivity contribution < 1.29 is 14.5 Å². The first kappa shape index (κ1) is 24.7. The van der Waals surface area contributed by atoms with Crippen LogP contribution in [0.1, 0.15) is 31.3 Å². The molecule has 190 valence electrons. The third kappa shape index (κ3) is 5.27. The Morgan fingerprint density at radius 3 is 2.73 bits per heavy atom. The quantitative estimate of drug-likeness (QED) is 0.276. The number of thiophene rings is 1. The molecular formula is C26H27N7O3S. The van der Waals surface area contributed by atoms with Gasteiger partial charge in [0.2, 0.25) is 5.88 Å². The Morgan fingerprint density at radius 1 is 1.22 bits per heavy atom. The molecular weight excluding hydrogens is 490 g/mol. The van der Waals surface area contributed by atoms with Crippen LogP contribution in [0, 0.1) is 11.8 Å². The Kier molecular flexibility index (Phi) is 6.55. The summed E-state index contributed by atoms with van der Waals surface area (Å²) in [6.07, 6.45) is 0.683. The van der Waals surface area contributed by atoms with Gasteiger partial charge in [-0.05, 0) is 54.5 Å². The summed E-state index contributed by atoms with van der Waals surface area (Å²) in [7, 11) is 0. The van der Waals surface area contributed by atoms with Crippen molar-refractivity contribution in [3.05, 3.63) is 47.0 Å². The number of ether oxygens (including phenoxy) is 1. The second-order valence-corrected chi connectivity index (χ2v) is 10.4. The van der Waals surface area contributed by atoms with Crippen LogP contribution in [-0.2, 0) is 13.0 Å². The van der Waals surface area contributed by atoms with Crippen molar-refractivity contribution >= 4 is 38.3 Å². The molecule has 0 saturated heterocycles. The van der Waals surface area contributed by atoms with Gasteiger partial charge >= 0.3 is 0 Å². The molecule has 1 atom stereocenters. The monoisotopic (exact) mass is 517 g/mol. The molecule has 0 aliphatic heterocycles. The number of aromatic nitrogens is 5. The number of fused-ring (bicyclic) bond motifs is 2. The molecule has 0 saturated carbocycles. The number of hydrogen-bond acceptors (Lipinski definition) is 10. The van der Waals surface area contributed by atoms with Gasteiger partial charge in [0.1, 0.15) is 23.4 Å². The molecule has 1 aromatic carbocycles. The number of nitrogens with two attached hydrogens (primary N) is 2. The second-order valence-electron chi connectivity index (χ2n) is 9.19. The van der Waals surface area contributed by atoms with Gasteiger partial charge in [0.15, 0.2) is 17.3 Å². The Balaban J connectivity index is 1.46. The van der Waals surface area contributed by atoms with Crippen molar-refractivity contribution in [1.29, 1.82) is 0 Å². The van der Waals surface area contributed by atoms with E-state index in [1.807, 2.05) is 23.6 Å². The van der Waals surface area contributed by atoms with Gasteiger partial charge in [0.05, 0.1) is 5.52 Å². The molecule has 0 bridgehead atoms. The highest BCUT2D eigenvalue weighted by atomic mass is 32.1.